The Bertz CT molecular complexity index is 538. The van der Waals surface area contributed by atoms with Gasteiger partial charge in [0.15, 0.2) is 0 Å². The molecule has 0 aliphatic rings. The summed E-state index contributed by atoms with van der Waals surface area (Å²) in [5, 5.41) is 18.6. The number of aromatic nitrogens is 2. The molecule has 2 aromatic rings. The summed E-state index contributed by atoms with van der Waals surface area (Å²) < 4.78 is 0. The Balaban J connectivity index is 2.28. The number of hydrogen-bond donors (Lipinski definition) is 1. The van der Waals surface area contributed by atoms with E-state index in [9.17, 15) is 0 Å². The van der Waals surface area contributed by atoms with Gasteiger partial charge in [0.1, 0.15) is 10.0 Å². The summed E-state index contributed by atoms with van der Waals surface area (Å²) in [6, 6.07) is 9.34. The van der Waals surface area contributed by atoms with Gasteiger partial charge >= 0.3 is 0 Å². The molecule has 0 bridgehead atoms. The Morgan fingerprint density at radius 2 is 2.06 bits per heavy atom. The summed E-state index contributed by atoms with van der Waals surface area (Å²) in [6.07, 6.45) is 0.849. The molecule has 86 valence electrons. The Morgan fingerprint density at radius 3 is 2.65 bits per heavy atom. The minimum absolute atomic E-state index is 0.0420. The third-order valence-corrected chi connectivity index (χ3v) is 3.56. The van der Waals surface area contributed by atoms with E-state index in [1.807, 2.05) is 19.1 Å². The highest BCUT2D eigenvalue weighted by Gasteiger charge is 2.11. The zero-order chi connectivity index (χ0) is 12.3. The van der Waals surface area contributed by atoms with Gasteiger partial charge in [0.2, 0.25) is 0 Å². The molecule has 1 atom stereocenters. The molecule has 17 heavy (non-hydrogen) atoms. The van der Waals surface area contributed by atoms with Crippen molar-refractivity contribution in [1.82, 2.24) is 10.2 Å². The lowest BCUT2D eigenvalue weighted by atomic mass is 10.2. The molecule has 0 aliphatic carbocycles. The predicted molar refractivity (Wildman–Crippen MR) is 67.3 cm³/mol. The van der Waals surface area contributed by atoms with Gasteiger partial charge in [-0.2, -0.15) is 5.26 Å². The van der Waals surface area contributed by atoms with Crippen molar-refractivity contribution < 1.29 is 0 Å². The fourth-order valence-electron chi connectivity index (χ4n) is 1.36. The number of nitrogens with zero attached hydrogens (tertiary/aromatic N) is 3. The van der Waals surface area contributed by atoms with Gasteiger partial charge in [-0.05, 0) is 18.6 Å². The molecule has 1 aromatic heterocycles. The largest absolute Gasteiger partial charge is 0.322 e. The van der Waals surface area contributed by atoms with Crippen molar-refractivity contribution in [3.05, 3.63) is 34.8 Å². The minimum Gasteiger partial charge on any atom is -0.322 e. The zero-order valence-corrected chi connectivity index (χ0v) is 10.2. The fraction of sp³-hybridized carbons (Fsp3) is 0.250. The highest BCUT2D eigenvalue weighted by molar-refractivity contribution is 7.14. The first-order chi connectivity index (χ1) is 8.24. The Labute approximate surface area is 104 Å². The average molecular weight is 244 g/mol. The molecule has 0 saturated carbocycles. The van der Waals surface area contributed by atoms with Gasteiger partial charge in [0.25, 0.3) is 0 Å². The maximum atomic E-state index is 8.72. The van der Waals surface area contributed by atoms with Crippen molar-refractivity contribution in [3.63, 3.8) is 0 Å². The van der Waals surface area contributed by atoms with E-state index in [2.05, 4.69) is 16.3 Å². The molecule has 0 aliphatic heterocycles. The van der Waals surface area contributed by atoms with Crippen molar-refractivity contribution in [1.29, 1.82) is 5.26 Å². The second-order valence-corrected chi connectivity index (χ2v) is 4.66. The maximum Gasteiger partial charge on any atom is 0.147 e. The predicted octanol–water partition coefficient (Wildman–Crippen LogP) is 2.49. The van der Waals surface area contributed by atoms with Crippen LogP contribution in [0.3, 0.4) is 0 Å². The van der Waals surface area contributed by atoms with Crippen LogP contribution in [0.2, 0.25) is 0 Å². The van der Waals surface area contributed by atoms with Crippen molar-refractivity contribution in [2.75, 3.05) is 0 Å². The van der Waals surface area contributed by atoms with Gasteiger partial charge < -0.3 is 5.73 Å². The van der Waals surface area contributed by atoms with Crippen LogP contribution in [-0.2, 0) is 0 Å². The van der Waals surface area contributed by atoms with E-state index in [1.165, 1.54) is 11.3 Å². The van der Waals surface area contributed by atoms with Crippen LogP contribution in [0.5, 0.6) is 0 Å². The molecular formula is C12H12N4S. The monoisotopic (exact) mass is 244 g/mol. The lowest BCUT2D eigenvalue weighted by Gasteiger charge is -2.00. The van der Waals surface area contributed by atoms with Gasteiger partial charge in [-0.25, -0.2) is 0 Å². The molecule has 5 heteroatoms. The third-order valence-electron chi connectivity index (χ3n) is 2.46. The lowest BCUT2D eigenvalue weighted by molar-refractivity contribution is 0.683. The third kappa shape index (κ3) is 2.49. The summed E-state index contributed by atoms with van der Waals surface area (Å²) in [7, 11) is 0. The smallest absolute Gasteiger partial charge is 0.147 e. The number of nitrogens with two attached hydrogens (primary N) is 1. The van der Waals surface area contributed by atoms with Crippen molar-refractivity contribution in [2.24, 2.45) is 5.73 Å². The van der Waals surface area contributed by atoms with E-state index in [0.717, 1.165) is 22.0 Å². The van der Waals surface area contributed by atoms with E-state index >= 15 is 0 Å². The molecule has 0 amide bonds. The van der Waals surface area contributed by atoms with Crippen molar-refractivity contribution in [3.8, 4) is 16.6 Å². The standard InChI is InChI=1S/C12H12N4S/c1-2-10(14)12-16-15-11(17-12)9-5-3-8(7-13)4-6-9/h3-6,10H,2,14H2,1H3. The first-order valence-corrected chi connectivity index (χ1v) is 6.15. The fourth-order valence-corrected chi connectivity index (χ4v) is 2.30. The molecule has 1 aromatic carbocycles. The van der Waals surface area contributed by atoms with E-state index in [4.69, 9.17) is 11.0 Å². The number of benzene rings is 1. The summed E-state index contributed by atoms with van der Waals surface area (Å²) >= 11 is 1.50. The van der Waals surface area contributed by atoms with E-state index in [-0.39, 0.29) is 6.04 Å². The second-order valence-electron chi connectivity index (χ2n) is 3.65. The van der Waals surface area contributed by atoms with Gasteiger partial charge in [-0.1, -0.05) is 30.4 Å². The van der Waals surface area contributed by atoms with E-state index < -0.39 is 0 Å². The van der Waals surface area contributed by atoms with Gasteiger partial charge in [0.05, 0.1) is 17.7 Å². The van der Waals surface area contributed by atoms with Gasteiger partial charge in [-0.3, -0.25) is 0 Å². The number of nitriles is 1. The molecule has 2 rings (SSSR count). The Kier molecular flexibility index (Phi) is 3.47. The van der Waals surface area contributed by atoms with Crippen LogP contribution in [0.4, 0.5) is 0 Å². The van der Waals surface area contributed by atoms with Crippen LogP contribution in [0, 0.1) is 11.3 Å². The summed E-state index contributed by atoms with van der Waals surface area (Å²) in [6.45, 7) is 2.02. The molecular weight excluding hydrogens is 232 g/mol. The summed E-state index contributed by atoms with van der Waals surface area (Å²) in [4.78, 5) is 0. The minimum atomic E-state index is -0.0420. The first-order valence-electron chi connectivity index (χ1n) is 5.34. The van der Waals surface area contributed by atoms with Crippen molar-refractivity contribution in [2.45, 2.75) is 19.4 Å². The SMILES string of the molecule is CCC(N)c1nnc(-c2ccc(C#N)cc2)s1. The van der Waals surface area contributed by atoms with Crippen LogP contribution in [0.25, 0.3) is 10.6 Å². The molecule has 1 heterocycles. The first kappa shape index (κ1) is 11.7. The Hall–Kier alpha value is -1.77. The maximum absolute atomic E-state index is 8.72. The highest BCUT2D eigenvalue weighted by atomic mass is 32.1. The molecule has 1 unspecified atom stereocenters. The summed E-state index contributed by atoms with van der Waals surface area (Å²) in [5.74, 6) is 0. The summed E-state index contributed by atoms with van der Waals surface area (Å²) in [5.41, 5.74) is 7.51. The second kappa shape index (κ2) is 5.04. The van der Waals surface area contributed by atoms with Gasteiger partial charge in [0, 0.05) is 5.56 Å². The molecule has 2 N–H and O–H groups in total. The number of rotatable bonds is 3. The molecule has 0 radical (unpaired) electrons. The van der Waals surface area contributed by atoms with Gasteiger partial charge in [-0.15, -0.1) is 10.2 Å². The normalized spacial score (nSPS) is 12.1. The lowest BCUT2D eigenvalue weighted by Crippen LogP contribution is -2.07. The van der Waals surface area contributed by atoms with Crippen LogP contribution in [0.1, 0.15) is 30.0 Å². The molecule has 0 fully saturated rings. The van der Waals surface area contributed by atoms with Crippen LogP contribution in [0.15, 0.2) is 24.3 Å². The van der Waals surface area contributed by atoms with E-state index in [0.29, 0.717) is 5.56 Å². The van der Waals surface area contributed by atoms with Crippen LogP contribution < -0.4 is 5.73 Å². The molecule has 0 spiro atoms. The van der Waals surface area contributed by atoms with Crippen molar-refractivity contribution >= 4 is 11.3 Å². The number of hydrogen-bond acceptors (Lipinski definition) is 5. The molecule has 0 saturated heterocycles. The van der Waals surface area contributed by atoms with Crippen LogP contribution in [-0.4, -0.2) is 10.2 Å². The molecule has 4 nitrogen and oxygen atoms in total. The van der Waals surface area contributed by atoms with E-state index in [1.54, 1.807) is 12.1 Å². The van der Waals surface area contributed by atoms with Crippen LogP contribution >= 0.6 is 11.3 Å². The highest BCUT2D eigenvalue weighted by Crippen LogP contribution is 2.26. The topological polar surface area (TPSA) is 75.6 Å². The quantitative estimate of drug-likeness (QED) is 0.900. The Morgan fingerprint density at radius 1 is 1.35 bits per heavy atom. The zero-order valence-electron chi connectivity index (χ0n) is 9.42. The average Bonchev–Trinajstić information content (AvgIpc) is 2.87.